The lowest BCUT2D eigenvalue weighted by Crippen LogP contribution is -2.55. The van der Waals surface area contributed by atoms with Gasteiger partial charge in [0.1, 0.15) is 40.1 Å². The van der Waals surface area contributed by atoms with Crippen LogP contribution in [-0.4, -0.2) is 94.6 Å². The number of alkyl carbamates (subject to hydrolysis) is 1. The number of hydrogen-bond acceptors (Lipinski definition) is 13. The number of aliphatic carboxylic acids is 1. The maximum absolute atomic E-state index is 13.4. The lowest BCUT2D eigenvalue weighted by atomic mass is 9.87. The van der Waals surface area contributed by atoms with Gasteiger partial charge in [-0.1, -0.05) is 39.0 Å². The summed E-state index contributed by atoms with van der Waals surface area (Å²) < 4.78 is 50.3. The largest absolute Gasteiger partial charge is 0.491 e. The monoisotopic (exact) mass is 912 g/mol. The molecule has 1 saturated heterocycles. The second kappa shape index (κ2) is 18.7. The number of furan rings is 1. The molecule has 3 heterocycles. The summed E-state index contributed by atoms with van der Waals surface area (Å²) >= 11 is 0. The number of carbonyl (C=O) groups is 4. The molecular formula is C44H57ClN6O11S. The number of carboxylic acids is 1. The highest BCUT2D eigenvalue weighted by molar-refractivity contribution is 7.91. The highest BCUT2D eigenvalue weighted by Gasteiger charge is 2.61. The normalized spacial score (nSPS) is 21.3. The van der Waals surface area contributed by atoms with Crippen molar-refractivity contribution in [2.24, 2.45) is 11.3 Å². The van der Waals surface area contributed by atoms with E-state index >= 15 is 0 Å². The summed E-state index contributed by atoms with van der Waals surface area (Å²) in [6, 6.07) is 13.4. The molecule has 3 fully saturated rings. The van der Waals surface area contributed by atoms with E-state index < -0.39 is 73.9 Å². The molecule has 5 atom stereocenters. The lowest BCUT2D eigenvalue weighted by molar-refractivity contribution is -0.142. The zero-order valence-electron chi connectivity index (χ0n) is 36.6. The second-order valence-corrected chi connectivity index (χ2v) is 20.2. The van der Waals surface area contributed by atoms with Crippen LogP contribution in [-0.2, 0) is 29.1 Å². The number of amides is 3. The van der Waals surface area contributed by atoms with Crippen molar-refractivity contribution in [2.75, 3.05) is 6.54 Å². The van der Waals surface area contributed by atoms with Crippen molar-refractivity contribution in [1.82, 2.24) is 30.6 Å². The van der Waals surface area contributed by atoms with Crippen LogP contribution >= 0.6 is 12.4 Å². The molecule has 7 rings (SSSR count). The van der Waals surface area contributed by atoms with Crippen molar-refractivity contribution < 1.29 is 51.3 Å². The van der Waals surface area contributed by atoms with E-state index in [1.54, 1.807) is 47.6 Å². The minimum Gasteiger partial charge on any atom is -0.491 e. The van der Waals surface area contributed by atoms with Crippen LogP contribution in [0.5, 0.6) is 11.6 Å². The van der Waals surface area contributed by atoms with Crippen LogP contribution in [0.25, 0.3) is 33.5 Å². The number of sulfonamides is 1. The molecule has 3 aliphatic rings. The number of carbonyl (C=O) groups excluding carboxylic acids is 3. The second-order valence-electron chi connectivity index (χ2n) is 18.2. The molecule has 0 spiro atoms. The van der Waals surface area contributed by atoms with Crippen LogP contribution in [0.1, 0.15) is 81.1 Å². The average molecular weight is 913 g/mol. The summed E-state index contributed by atoms with van der Waals surface area (Å²) in [6.45, 7) is 18.4. The number of ether oxygens (including phenoxy) is 3. The number of nitrogens with zero attached hydrogens (tertiary/aromatic N) is 2. The number of carboxylic acid groups (broad SMARTS) is 1. The standard InChI is InChI=1S/C33H35N5O7S.C11H21NO4.ClH/c1-4-20-16-33(20,32(40)38-46(41,42)23-13-14-23)37-30(39)25-15-22(17-34-25)44-31-28-27(24-7-5-6-8-26(24)45-28)35-29(36-31)19-9-11-21(12-10-19)43-18(2)3;1-10(2,3)7(8(13)14)12-9(15)16-11(4,5)6;/h4-12,18,20,22-23,25,34H,1,13-17H2,2-3H3,(H,37,39)(H,38,40);7H,1-6H3,(H,12,15)(H,13,14);1H/t20-,22-,25+,33+;;/m1../s1. The van der Waals surface area contributed by atoms with Crippen LogP contribution in [0.4, 0.5) is 4.79 Å². The van der Waals surface area contributed by atoms with Crippen molar-refractivity contribution in [3.05, 3.63) is 61.2 Å². The Morgan fingerprint density at radius 1 is 1.02 bits per heavy atom. The minimum absolute atomic E-state index is 0. The van der Waals surface area contributed by atoms with Crippen LogP contribution < -0.4 is 30.1 Å². The van der Waals surface area contributed by atoms with Gasteiger partial charge in [0, 0.05) is 29.8 Å². The van der Waals surface area contributed by atoms with Crippen molar-refractivity contribution in [2.45, 2.75) is 122 Å². The molecule has 1 aliphatic heterocycles. The van der Waals surface area contributed by atoms with E-state index in [2.05, 4.69) is 27.3 Å². The fourth-order valence-corrected chi connectivity index (χ4v) is 8.34. The first-order valence-corrected chi connectivity index (χ1v) is 22.1. The van der Waals surface area contributed by atoms with Gasteiger partial charge in [0.15, 0.2) is 5.82 Å². The fraction of sp³-hybridized carbons (Fsp3) is 0.500. The van der Waals surface area contributed by atoms with Crippen LogP contribution in [0.15, 0.2) is 65.6 Å². The zero-order chi connectivity index (χ0) is 45.4. The Bertz CT molecular complexity index is 2460. The molecule has 2 aromatic heterocycles. The van der Waals surface area contributed by atoms with Crippen LogP contribution in [0.3, 0.4) is 0 Å². The quantitative estimate of drug-likeness (QED) is 0.0962. The van der Waals surface area contributed by atoms with E-state index in [9.17, 15) is 27.6 Å². The highest BCUT2D eigenvalue weighted by atomic mass is 35.5. The third-order valence-electron chi connectivity index (χ3n) is 10.4. The first-order valence-electron chi connectivity index (χ1n) is 20.6. The Hall–Kier alpha value is -5.46. The van der Waals surface area contributed by atoms with Crippen molar-refractivity contribution in [3.63, 3.8) is 0 Å². The number of halogens is 1. The Morgan fingerprint density at radius 2 is 1.68 bits per heavy atom. The summed E-state index contributed by atoms with van der Waals surface area (Å²) in [7, 11) is -3.77. The molecule has 4 aromatic rings. The Labute approximate surface area is 372 Å². The first-order chi connectivity index (χ1) is 29.0. The predicted molar refractivity (Wildman–Crippen MR) is 238 cm³/mol. The fourth-order valence-electron chi connectivity index (χ4n) is 6.98. The third-order valence-corrected chi connectivity index (χ3v) is 12.2. The summed E-state index contributed by atoms with van der Waals surface area (Å²) in [5.74, 6) is -1.15. The number of nitrogens with one attached hydrogen (secondary N) is 4. The average Bonchev–Trinajstić information content (AvgIpc) is 4.07. The van der Waals surface area contributed by atoms with Gasteiger partial charge < -0.3 is 39.7 Å². The molecule has 342 valence electrons. The molecule has 17 nitrogen and oxygen atoms in total. The molecular weight excluding hydrogens is 856 g/mol. The van der Waals surface area contributed by atoms with E-state index in [1.807, 2.05) is 62.4 Å². The molecule has 3 amide bonds. The highest BCUT2D eigenvalue weighted by Crippen LogP contribution is 2.45. The Morgan fingerprint density at radius 3 is 2.25 bits per heavy atom. The first kappa shape index (κ1) is 48.6. The van der Waals surface area contributed by atoms with Gasteiger partial charge in [-0.3, -0.25) is 14.3 Å². The van der Waals surface area contributed by atoms with E-state index in [-0.39, 0.29) is 43.2 Å². The number of rotatable bonds is 13. The zero-order valence-corrected chi connectivity index (χ0v) is 38.3. The topological polar surface area (TPSA) is 237 Å². The SMILES string of the molecule is C=C[C@@H]1C[C@@]1(NC(=O)[C@@H]1C[C@@H](Oc2nc(-c3ccc(OC(C)C)cc3)nc3c2oc2ccccc23)CN1)C(=O)NS(=O)(=O)C1CC1.CC(C)(C)OC(=O)NC(C(=O)O)C(C)(C)C.Cl. The molecule has 2 saturated carbocycles. The van der Waals surface area contributed by atoms with Crippen LogP contribution in [0.2, 0.25) is 0 Å². The number of fused-ring (bicyclic) bond motifs is 3. The van der Waals surface area contributed by atoms with Gasteiger partial charge in [-0.15, -0.1) is 19.0 Å². The summed E-state index contributed by atoms with van der Waals surface area (Å²) in [4.78, 5) is 58.4. The molecule has 63 heavy (non-hydrogen) atoms. The van der Waals surface area contributed by atoms with Crippen molar-refractivity contribution in [3.8, 4) is 23.0 Å². The number of benzene rings is 2. The van der Waals surface area contributed by atoms with E-state index in [4.69, 9.17) is 33.7 Å². The van der Waals surface area contributed by atoms with Crippen LogP contribution in [0, 0.1) is 11.3 Å². The predicted octanol–water partition coefficient (Wildman–Crippen LogP) is 6.04. The maximum Gasteiger partial charge on any atom is 0.408 e. The smallest absolute Gasteiger partial charge is 0.408 e. The summed E-state index contributed by atoms with van der Waals surface area (Å²) in [6.07, 6.45) is 2.04. The lowest BCUT2D eigenvalue weighted by Gasteiger charge is -2.29. The van der Waals surface area contributed by atoms with Gasteiger partial charge in [-0.2, -0.15) is 4.98 Å². The molecule has 2 aliphatic carbocycles. The van der Waals surface area contributed by atoms with Gasteiger partial charge in [-0.05, 0) is 95.7 Å². The van der Waals surface area contributed by atoms with Gasteiger partial charge in [0.25, 0.3) is 11.8 Å². The molecule has 0 bridgehead atoms. The van der Waals surface area contributed by atoms with Gasteiger partial charge in [-0.25, -0.2) is 23.0 Å². The molecule has 2 aromatic carbocycles. The van der Waals surface area contributed by atoms with Gasteiger partial charge in [0.2, 0.25) is 21.5 Å². The minimum atomic E-state index is -3.77. The third kappa shape index (κ3) is 11.8. The van der Waals surface area contributed by atoms with Crippen molar-refractivity contribution in [1.29, 1.82) is 0 Å². The number of aromatic nitrogens is 2. The Kier molecular flexibility index (Phi) is 14.4. The van der Waals surface area contributed by atoms with Crippen molar-refractivity contribution >= 4 is 68.4 Å². The van der Waals surface area contributed by atoms with E-state index in [0.29, 0.717) is 41.9 Å². The summed E-state index contributed by atoms with van der Waals surface area (Å²) in [5.41, 5.74) is -0.130. The molecule has 19 heteroatoms. The van der Waals surface area contributed by atoms with Gasteiger partial charge in [0.05, 0.1) is 17.4 Å². The van der Waals surface area contributed by atoms with Gasteiger partial charge >= 0.3 is 12.1 Å². The van der Waals surface area contributed by atoms with E-state index in [1.165, 1.54) is 0 Å². The maximum atomic E-state index is 13.4. The number of para-hydroxylation sites is 1. The van der Waals surface area contributed by atoms with E-state index in [0.717, 1.165) is 16.7 Å². The number of hydrogen-bond donors (Lipinski definition) is 5. The summed E-state index contributed by atoms with van der Waals surface area (Å²) in [5, 5.41) is 17.6. The molecule has 0 radical (unpaired) electrons. The Balaban J connectivity index is 0.000000377. The molecule has 5 N–H and O–H groups in total. The molecule has 1 unspecified atom stereocenters.